The number of nitrogens with zero attached hydrogens (tertiary/aromatic N) is 6. The third kappa shape index (κ3) is 9.82. The minimum Gasteiger partial charge on any atom is -0.496 e. The van der Waals surface area contributed by atoms with E-state index in [0.29, 0.717) is 36.2 Å². The Kier molecular flexibility index (Phi) is 13.5. The maximum atomic E-state index is 13.9. The number of carboxylic acid groups (broad SMARTS) is 1. The zero-order chi connectivity index (χ0) is 42.8. The number of benzene rings is 2. The van der Waals surface area contributed by atoms with Crippen LogP contribution >= 0.6 is 22.9 Å². The molecule has 4 fully saturated rings. The normalized spacial score (nSPS) is 21.9. The Labute approximate surface area is 370 Å². The second-order valence-electron chi connectivity index (χ2n) is 18.7. The van der Waals surface area contributed by atoms with E-state index in [1.807, 2.05) is 19.1 Å². The molecule has 4 heterocycles. The zero-order valence-electron chi connectivity index (χ0n) is 36.7. The van der Waals surface area contributed by atoms with Gasteiger partial charge in [-0.15, -0.1) is 11.3 Å². The number of methoxy groups -OCH3 is 1. The highest BCUT2D eigenvalue weighted by atomic mass is 35.5. The molecule has 2 aromatic heterocycles. The quantitative estimate of drug-likeness (QED) is 0.152. The van der Waals surface area contributed by atoms with Crippen LogP contribution in [0.2, 0.25) is 5.02 Å². The smallest absolute Gasteiger partial charge is 0.407 e. The maximum absolute atomic E-state index is 13.9. The number of hydrogen-bond donors (Lipinski definition) is 2. The van der Waals surface area contributed by atoms with Crippen LogP contribution < -0.4 is 10.1 Å². The molecule has 2 saturated heterocycles. The van der Waals surface area contributed by atoms with Crippen molar-refractivity contribution in [1.82, 2.24) is 29.6 Å². The molecule has 0 unspecified atom stereocenters. The monoisotopic (exact) mass is 869 g/mol. The van der Waals surface area contributed by atoms with Gasteiger partial charge in [-0.1, -0.05) is 23.7 Å². The summed E-state index contributed by atoms with van der Waals surface area (Å²) in [5, 5.41) is 17.1. The lowest BCUT2D eigenvalue weighted by Gasteiger charge is -2.46. The standard InChI is InChI=1S/C48H64ClN7O4S/c1-31(43-25-37(30-61-43)44-36(29-53(3)4)7-6-8-40(44)49)50-45-39-26-38(42(60-5)27-41(39)51-32(2)52-45)34-9-11-35(12-10-34)46(57)55-23-21-54(22-24-55)28-33-13-15-48(16-14-33)17-19-56(20-18-48)47(58)59/h6-8,25-27,30-31,33-35H,9-24,28-29H2,1-5H3,(H,58,59)(H,50,51,52)/t31-,34?,35?/m1/s1. The summed E-state index contributed by atoms with van der Waals surface area (Å²) in [6.07, 6.45) is 9.83. The van der Waals surface area contributed by atoms with Gasteiger partial charge in [0.15, 0.2) is 0 Å². The summed E-state index contributed by atoms with van der Waals surface area (Å²) in [6.45, 7) is 11.0. The number of amides is 2. The van der Waals surface area contributed by atoms with Crippen LogP contribution in [0, 0.1) is 24.2 Å². The number of thiophene rings is 1. The number of likely N-dealkylation sites (tertiary alicyclic amines) is 1. The molecule has 2 amide bonds. The van der Waals surface area contributed by atoms with Crippen LogP contribution in [0.1, 0.15) is 105 Å². The summed E-state index contributed by atoms with van der Waals surface area (Å²) < 4.78 is 6.01. The number of aryl methyl sites for hydroxylation is 1. The molecule has 2 aromatic carbocycles. The van der Waals surface area contributed by atoms with Crippen molar-refractivity contribution in [3.8, 4) is 16.9 Å². The van der Waals surface area contributed by atoms with Gasteiger partial charge in [-0.25, -0.2) is 14.8 Å². The van der Waals surface area contributed by atoms with Gasteiger partial charge in [0.1, 0.15) is 17.4 Å². The summed E-state index contributed by atoms with van der Waals surface area (Å²) in [5.74, 6) is 3.76. The Morgan fingerprint density at radius 1 is 0.967 bits per heavy atom. The Hall–Kier alpha value is -3.97. The van der Waals surface area contributed by atoms with E-state index in [-0.39, 0.29) is 17.9 Å². The molecule has 2 aliphatic carbocycles. The number of ether oxygens (including phenoxy) is 1. The molecule has 328 valence electrons. The van der Waals surface area contributed by atoms with Gasteiger partial charge >= 0.3 is 6.09 Å². The molecule has 8 rings (SSSR count). The number of carbonyl (C=O) groups is 2. The Morgan fingerprint density at radius 2 is 1.69 bits per heavy atom. The van der Waals surface area contributed by atoms with Crippen molar-refractivity contribution in [3.63, 3.8) is 0 Å². The predicted molar refractivity (Wildman–Crippen MR) is 246 cm³/mol. The average molecular weight is 871 g/mol. The number of rotatable bonds is 11. The zero-order valence-corrected chi connectivity index (χ0v) is 38.3. The van der Waals surface area contributed by atoms with Gasteiger partial charge in [-0.05, 0) is 150 Å². The van der Waals surface area contributed by atoms with Crippen LogP contribution in [0.15, 0.2) is 41.8 Å². The van der Waals surface area contributed by atoms with Crippen molar-refractivity contribution < 1.29 is 19.4 Å². The fourth-order valence-corrected chi connectivity index (χ4v) is 12.0. The largest absolute Gasteiger partial charge is 0.496 e. The third-order valence-corrected chi connectivity index (χ3v) is 15.8. The lowest BCUT2D eigenvalue weighted by Crippen LogP contribution is -2.52. The molecule has 13 heteroatoms. The highest BCUT2D eigenvalue weighted by molar-refractivity contribution is 7.10. The molecule has 2 aliphatic heterocycles. The van der Waals surface area contributed by atoms with Crippen LogP contribution in [0.25, 0.3) is 22.0 Å². The number of fused-ring (bicyclic) bond motifs is 1. The fourth-order valence-electron chi connectivity index (χ4n) is 10.8. The molecule has 0 radical (unpaired) electrons. The van der Waals surface area contributed by atoms with E-state index >= 15 is 0 Å². The van der Waals surface area contributed by atoms with Gasteiger partial charge in [0.05, 0.1) is 18.7 Å². The first-order valence-corrected chi connectivity index (χ1v) is 23.8. The lowest BCUT2D eigenvalue weighted by atomic mass is 9.65. The van der Waals surface area contributed by atoms with Crippen LogP contribution in [0.3, 0.4) is 0 Å². The van der Waals surface area contributed by atoms with Crippen molar-refractivity contribution >= 4 is 51.7 Å². The van der Waals surface area contributed by atoms with E-state index in [4.69, 9.17) is 26.3 Å². The van der Waals surface area contributed by atoms with Gasteiger partial charge in [-0.3, -0.25) is 9.69 Å². The number of piperidine rings is 1. The van der Waals surface area contributed by atoms with Crippen LogP contribution in [0.5, 0.6) is 5.75 Å². The molecular formula is C48H64ClN7O4S. The minimum atomic E-state index is -0.774. The van der Waals surface area contributed by atoms with E-state index in [2.05, 4.69) is 70.7 Å². The van der Waals surface area contributed by atoms with Gasteiger partial charge in [0.2, 0.25) is 5.91 Å². The van der Waals surface area contributed by atoms with Crippen molar-refractivity contribution in [1.29, 1.82) is 0 Å². The maximum Gasteiger partial charge on any atom is 0.407 e. The van der Waals surface area contributed by atoms with Crippen molar-refractivity contribution in [2.75, 3.05) is 72.3 Å². The Bertz CT molecular complexity index is 2180. The summed E-state index contributed by atoms with van der Waals surface area (Å²) in [4.78, 5) is 44.7. The second kappa shape index (κ2) is 18.8. The van der Waals surface area contributed by atoms with Crippen LogP contribution in [-0.2, 0) is 11.3 Å². The SMILES string of the molecule is COc1cc2nc(C)nc(N[C@H](C)c3cc(-c4c(Cl)cccc4CN(C)C)cs3)c2cc1C1CCC(C(=O)N2CCN(CC3CCC4(CC3)CCN(C(=O)O)CC4)CC2)CC1. The molecule has 2 saturated carbocycles. The number of piperazine rings is 1. The van der Waals surface area contributed by atoms with Crippen LogP contribution in [0.4, 0.5) is 10.6 Å². The molecule has 4 aliphatic rings. The molecule has 61 heavy (non-hydrogen) atoms. The lowest BCUT2D eigenvalue weighted by molar-refractivity contribution is -0.138. The van der Waals surface area contributed by atoms with Crippen molar-refractivity contribution in [3.05, 3.63) is 68.6 Å². The number of hydrogen-bond acceptors (Lipinski definition) is 9. The van der Waals surface area contributed by atoms with Gasteiger partial charge in [0, 0.05) is 85.2 Å². The number of halogens is 1. The number of carbonyl (C=O) groups excluding carboxylic acids is 1. The summed E-state index contributed by atoms with van der Waals surface area (Å²) in [6, 6.07) is 12.7. The minimum absolute atomic E-state index is 0.00133. The van der Waals surface area contributed by atoms with Crippen LogP contribution in [-0.4, -0.2) is 114 Å². The Morgan fingerprint density at radius 3 is 2.36 bits per heavy atom. The highest BCUT2D eigenvalue weighted by Gasteiger charge is 2.40. The first kappa shape index (κ1) is 43.7. The summed E-state index contributed by atoms with van der Waals surface area (Å²) in [7, 11) is 5.89. The number of nitrogens with one attached hydrogen (secondary N) is 1. The van der Waals surface area contributed by atoms with Gasteiger partial charge in [-0.2, -0.15) is 0 Å². The first-order valence-electron chi connectivity index (χ1n) is 22.5. The molecule has 2 N–H and O–H groups in total. The topological polar surface area (TPSA) is 114 Å². The molecular weight excluding hydrogens is 806 g/mol. The third-order valence-electron chi connectivity index (χ3n) is 14.4. The number of aromatic nitrogens is 2. The molecule has 1 atom stereocenters. The number of anilines is 1. The molecule has 11 nitrogen and oxygen atoms in total. The van der Waals surface area contributed by atoms with E-state index in [1.54, 1.807) is 23.3 Å². The highest BCUT2D eigenvalue weighted by Crippen LogP contribution is 2.47. The van der Waals surface area contributed by atoms with Gasteiger partial charge in [0.25, 0.3) is 0 Å². The Balaban J connectivity index is 0.865. The van der Waals surface area contributed by atoms with E-state index in [1.165, 1.54) is 41.7 Å². The summed E-state index contributed by atoms with van der Waals surface area (Å²) in [5.41, 5.74) is 5.80. The average Bonchev–Trinajstić information content (AvgIpc) is 3.74. The fraction of sp³-hybridized carbons (Fsp3) is 0.583. The van der Waals surface area contributed by atoms with Crippen molar-refractivity contribution in [2.45, 2.75) is 96.6 Å². The molecule has 4 aromatic rings. The molecule has 1 spiro atoms. The first-order chi connectivity index (χ1) is 29.4. The van der Waals surface area contributed by atoms with Crippen molar-refractivity contribution in [2.24, 2.45) is 17.3 Å². The van der Waals surface area contributed by atoms with E-state index in [0.717, 1.165) is 116 Å². The summed E-state index contributed by atoms with van der Waals surface area (Å²) >= 11 is 8.51. The van der Waals surface area contributed by atoms with E-state index < -0.39 is 6.09 Å². The second-order valence-corrected chi connectivity index (χ2v) is 20.1. The predicted octanol–water partition coefficient (Wildman–Crippen LogP) is 9.93. The van der Waals surface area contributed by atoms with Gasteiger partial charge < -0.3 is 29.9 Å². The molecule has 0 bridgehead atoms. The van der Waals surface area contributed by atoms with E-state index in [9.17, 15) is 14.7 Å².